The van der Waals surface area contributed by atoms with Gasteiger partial charge in [0.25, 0.3) is 0 Å². The van der Waals surface area contributed by atoms with Crippen LogP contribution in [0.5, 0.6) is 5.75 Å². The van der Waals surface area contributed by atoms with E-state index in [9.17, 15) is 5.11 Å². The topological polar surface area (TPSA) is 20.2 Å². The van der Waals surface area contributed by atoms with E-state index in [0.29, 0.717) is 16.2 Å². The van der Waals surface area contributed by atoms with E-state index in [1.807, 2.05) is 0 Å². The van der Waals surface area contributed by atoms with E-state index in [0.717, 1.165) is 17.9 Å². The SMILES string of the molecule is CCc1c(CSC2CCCCCC[C@@H]2SCc2cc(C(C)(C)C)cc([Si](CC)(CC)CC)c2O)cc(C(C)(C)C)cc1[Si](CC)(CC)CC. The zero-order valence-corrected chi connectivity index (χ0v) is 38.0. The van der Waals surface area contributed by atoms with Crippen LogP contribution < -0.4 is 10.4 Å². The van der Waals surface area contributed by atoms with Crippen molar-refractivity contribution in [2.45, 2.75) is 204 Å². The molecule has 49 heavy (non-hydrogen) atoms. The minimum absolute atomic E-state index is 0.0705. The molecule has 0 saturated heterocycles. The molecule has 0 bridgehead atoms. The van der Waals surface area contributed by atoms with Crippen LogP contribution in [-0.2, 0) is 28.8 Å². The van der Waals surface area contributed by atoms with Crippen LogP contribution in [0.4, 0.5) is 0 Å². The van der Waals surface area contributed by atoms with Gasteiger partial charge in [-0.3, -0.25) is 0 Å². The second-order valence-electron chi connectivity index (χ2n) is 17.4. The summed E-state index contributed by atoms with van der Waals surface area (Å²) in [6.45, 7) is 31.2. The van der Waals surface area contributed by atoms with E-state index < -0.39 is 16.1 Å². The van der Waals surface area contributed by atoms with Gasteiger partial charge < -0.3 is 5.11 Å². The van der Waals surface area contributed by atoms with E-state index in [4.69, 9.17) is 0 Å². The molecule has 0 aliphatic heterocycles. The fourth-order valence-electron chi connectivity index (χ4n) is 8.66. The molecule has 2 aromatic carbocycles. The summed E-state index contributed by atoms with van der Waals surface area (Å²) in [5, 5.41) is 16.4. The summed E-state index contributed by atoms with van der Waals surface area (Å²) in [5.41, 5.74) is 7.70. The van der Waals surface area contributed by atoms with Gasteiger partial charge in [-0.15, -0.1) is 0 Å². The van der Waals surface area contributed by atoms with Gasteiger partial charge in [0.15, 0.2) is 0 Å². The summed E-state index contributed by atoms with van der Waals surface area (Å²) < 4.78 is 0. The Labute approximate surface area is 315 Å². The molecule has 1 saturated carbocycles. The number of hydrogen-bond acceptors (Lipinski definition) is 3. The highest BCUT2D eigenvalue weighted by molar-refractivity contribution is 8.03. The van der Waals surface area contributed by atoms with Crippen LogP contribution in [0.3, 0.4) is 0 Å². The van der Waals surface area contributed by atoms with Crippen LogP contribution in [-0.4, -0.2) is 31.8 Å². The molecule has 2 atom stereocenters. The van der Waals surface area contributed by atoms with Crippen molar-refractivity contribution >= 4 is 50.0 Å². The first-order valence-corrected chi connectivity index (χ1v) is 27.7. The van der Waals surface area contributed by atoms with E-state index in [1.54, 1.807) is 21.9 Å². The van der Waals surface area contributed by atoms with Crippen molar-refractivity contribution in [3.05, 3.63) is 52.1 Å². The molecular weight excluding hydrogens is 665 g/mol. The minimum atomic E-state index is -1.74. The first kappa shape index (κ1) is 42.8. The second-order valence-corrected chi connectivity index (χ2v) is 30.3. The summed E-state index contributed by atoms with van der Waals surface area (Å²) in [7, 11) is -3.27. The summed E-state index contributed by atoms with van der Waals surface area (Å²) in [6, 6.07) is 17.7. The summed E-state index contributed by atoms with van der Waals surface area (Å²) >= 11 is 4.45. The van der Waals surface area contributed by atoms with Gasteiger partial charge in [0.05, 0.1) is 16.1 Å². The van der Waals surface area contributed by atoms with Crippen molar-refractivity contribution in [2.75, 3.05) is 0 Å². The van der Waals surface area contributed by atoms with Gasteiger partial charge in [0, 0.05) is 27.6 Å². The third kappa shape index (κ3) is 10.1. The first-order valence-electron chi connectivity index (χ1n) is 20.4. The number of aromatic hydroxyl groups is 1. The largest absolute Gasteiger partial charge is 0.508 e. The van der Waals surface area contributed by atoms with Crippen LogP contribution in [0.25, 0.3) is 0 Å². The highest BCUT2D eigenvalue weighted by atomic mass is 32.2. The number of thioether (sulfide) groups is 2. The highest BCUT2D eigenvalue weighted by Gasteiger charge is 2.36. The molecule has 0 spiro atoms. The van der Waals surface area contributed by atoms with Crippen molar-refractivity contribution in [2.24, 2.45) is 0 Å². The van der Waals surface area contributed by atoms with E-state index >= 15 is 0 Å². The second kappa shape index (κ2) is 18.4. The zero-order valence-electron chi connectivity index (χ0n) is 34.3. The predicted octanol–water partition coefficient (Wildman–Crippen LogP) is 13.2. The van der Waals surface area contributed by atoms with Gasteiger partial charge in [-0.1, -0.05) is 181 Å². The molecule has 1 fully saturated rings. The zero-order chi connectivity index (χ0) is 36.6. The maximum atomic E-state index is 12.0. The standard InChI is InChI=1S/C44H76OS2Si2/c1-14-37-33(27-35(43(8,9)10)29-40(37)48(15-2,16-3)17-4)31-46-38-25-23-21-22-24-26-39(38)47-32-34-28-36(44(11,12)13)30-41(42(34)45)49(18-5,19-6)20-7/h27-30,38-39,45H,14-26,31-32H2,1-13H3/t38?,39-/m0/s1. The summed E-state index contributed by atoms with van der Waals surface area (Å²) in [4.78, 5) is 0. The molecular formula is C44H76OS2Si2. The van der Waals surface area contributed by atoms with Crippen molar-refractivity contribution in [3.8, 4) is 5.75 Å². The third-order valence-corrected chi connectivity index (χ3v) is 27.2. The lowest BCUT2D eigenvalue weighted by molar-refractivity contribution is 0.473. The maximum Gasteiger partial charge on any atom is 0.118 e. The van der Waals surface area contributed by atoms with E-state index in [-0.39, 0.29) is 10.8 Å². The van der Waals surface area contributed by atoms with E-state index in [2.05, 4.69) is 138 Å². The lowest BCUT2D eigenvalue weighted by Crippen LogP contribution is -2.48. The Morgan fingerprint density at radius 1 is 0.571 bits per heavy atom. The molecule has 5 heteroatoms. The normalized spacial score (nSPS) is 18.4. The number of phenols is 1. The van der Waals surface area contributed by atoms with Gasteiger partial charge in [0.2, 0.25) is 0 Å². The fraction of sp³-hybridized carbons (Fsp3) is 0.727. The number of rotatable bonds is 15. The van der Waals surface area contributed by atoms with E-state index in [1.165, 1.54) is 91.1 Å². The van der Waals surface area contributed by atoms with Gasteiger partial charge in [-0.05, 0) is 57.5 Å². The van der Waals surface area contributed by atoms with Crippen LogP contribution >= 0.6 is 23.5 Å². The quantitative estimate of drug-likeness (QED) is 0.184. The third-order valence-electron chi connectivity index (χ3n) is 12.9. The molecule has 0 aromatic heterocycles. The molecule has 2 aromatic rings. The average molecular weight is 741 g/mol. The summed E-state index contributed by atoms with van der Waals surface area (Å²) in [6.07, 6.45) is 9.22. The Bertz CT molecular complexity index is 1310. The van der Waals surface area contributed by atoms with Crippen molar-refractivity contribution in [1.29, 1.82) is 0 Å². The Morgan fingerprint density at radius 3 is 1.37 bits per heavy atom. The fourth-order valence-corrected chi connectivity index (χ4v) is 19.6. The lowest BCUT2D eigenvalue weighted by Gasteiger charge is -2.35. The Kier molecular flexibility index (Phi) is 16.1. The molecule has 1 unspecified atom stereocenters. The molecule has 1 aliphatic carbocycles. The molecule has 0 amide bonds. The van der Waals surface area contributed by atoms with Gasteiger partial charge >= 0.3 is 0 Å². The Hall–Kier alpha value is -0.626. The van der Waals surface area contributed by atoms with Crippen LogP contribution in [0, 0.1) is 0 Å². The number of phenolic OH excluding ortho intramolecular Hbond substituents is 1. The molecule has 1 nitrogen and oxygen atoms in total. The minimum Gasteiger partial charge on any atom is -0.508 e. The van der Waals surface area contributed by atoms with Crippen molar-refractivity contribution < 1.29 is 5.11 Å². The molecule has 278 valence electrons. The Balaban J connectivity index is 2.01. The molecule has 1 aliphatic rings. The van der Waals surface area contributed by atoms with Crippen LogP contribution in [0.15, 0.2) is 24.3 Å². The van der Waals surface area contributed by atoms with Gasteiger partial charge in [-0.2, -0.15) is 23.5 Å². The number of benzene rings is 2. The summed E-state index contributed by atoms with van der Waals surface area (Å²) in [5.74, 6) is 2.70. The van der Waals surface area contributed by atoms with Crippen LogP contribution in [0.1, 0.15) is 156 Å². The average Bonchev–Trinajstić information content (AvgIpc) is 3.06. The molecule has 0 radical (unpaired) electrons. The van der Waals surface area contributed by atoms with Gasteiger partial charge in [0.1, 0.15) is 5.75 Å². The highest BCUT2D eigenvalue weighted by Crippen LogP contribution is 2.41. The Morgan fingerprint density at radius 2 is 0.959 bits per heavy atom. The lowest BCUT2D eigenvalue weighted by atomic mass is 9.85. The monoisotopic (exact) mass is 740 g/mol. The van der Waals surface area contributed by atoms with Crippen LogP contribution in [0.2, 0.25) is 36.3 Å². The smallest absolute Gasteiger partial charge is 0.118 e. The maximum absolute atomic E-state index is 12.0. The van der Waals surface area contributed by atoms with Gasteiger partial charge in [-0.25, -0.2) is 0 Å². The predicted molar refractivity (Wildman–Crippen MR) is 233 cm³/mol. The number of hydrogen-bond donors (Lipinski definition) is 1. The molecule has 3 rings (SSSR count). The van der Waals surface area contributed by atoms with Crippen molar-refractivity contribution in [1.82, 2.24) is 0 Å². The first-order chi connectivity index (χ1) is 23.1. The molecule has 1 N–H and O–H groups in total. The van der Waals surface area contributed by atoms with Crippen molar-refractivity contribution in [3.63, 3.8) is 0 Å². The molecule has 0 heterocycles.